The number of ether oxygens (including phenoxy) is 2. The van der Waals surface area contributed by atoms with Gasteiger partial charge in [0.1, 0.15) is 11.5 Å². The summed E-state index contributed by atoms with van der Waals surface area (Å²) in [5.74, 6) is 0.0889. The summed E-state index contributed by atoms with van der Waals surface area (Å²) in [5.41, 5.74) is 1.09. The van der Waals surface area contributed by atoms with Crippen LogP contribution in [-0.2, 0) is 11.2 Å². The highest BCUT2D eigenvalue weighted by Crippen LogP contribution is 2.29. The van der Waals surface area contributed by atoms with Gasteiger partial charge in [0.25, 0.3) is 11.8 Å². The first-order valence-corrected chi connectivity index (χ1v) is 9.39. The third-order valence-electron chi connectivity index (χ3n) is 5.13. The summed E-state index contributed by atoms with van der Waals surface area (Å²) in [7, 11) is 0. The van der Waals surface area contributed by atoms with Crippen LogP contribution in [0, 0.1) is 0 Å². The Kier molecular flexibility index (Phi) is 5.33. The molecule has 2 aromatic carbocycles. The molecule has 2 heterocycles. The molecule has 8 heteroatoms. The van der Waals surface area contributed by atoms with Gasteiger partial charge in [0.15, 0.2) is 6.10 Å². The van der Waals surface area contributed by atoms with Crippen LogP contribution in [0.2, 0.25) is 0 Å². The summed E-state index contributed by atoms with van der Waals surface area (Å²) in [4.78, 5) is 28.8. The number of carbonyl (C=O) groups is 2. The van der Waals surface area contributed by atoms with Crippen molar-refractivity contribution < 1.29 is 27.8 Å². The molecule has 1 atom stereocenters. The monoisotopic (exact) mass is 402 g/mol. The number of rotatable bonds is 4. The maximum Gasteiger partial charge on any atom is 0.387 e. The number of halogens is 2. The Morgan fingerprint density at radius 2 is 1.62 bits per heavy atom. The zero-order valence-electron chi connectivity index (χ0n) is 15.6. The molecule has 0 saturated carbocycles. The molecule has 152 valence electrons. The smallest absolute Gasteiger partial charge is 0.387 e. The maximum absolute atomic E-state index is 12.8. The van der Waals surface area contributed by atoms with Crippen molar-refractivity contribution in [3.63, 3.8) is 0 Å². The normalized spacial score (nSPS) is 18.4. The Morgan fingerprint density at radius 1 is 0.966 bits per heavy atom. The van der Waals surface area contributed by atoms with E-state index in [2.05, 4.69) is 4.74 Å². The third-order valence-corrected chi connectivity index (χ3v) is 5.13. The molecule has 1 unspecified atom stereocenters. The molecule has 1 saturated heterocycles. The highest BCUT2D eigenvalue weighted by molar-refractivity contribution is 5.97. The lowest BCUT2D eigenvalue weighted by molar-refractivity contribution is -0.139. The van der Waals surface area contributed by atoms with Gasteiger partial charge >= 0.3 is 6.61 Å². The second-order valence-electron chi connectivity index (χ2n) is 6.91. The predicted molar refractivity (Wildman–Crippen MR) is 100 cm³/mol. The minimum atomic E-state index is -3.01. The summed E-state index contributed by atoms with van der Waals surface area (Å²) < 4.78 is 35.4. The number of piperazine rings is 1. The van der Waals surface area contributed by atoms with Crippen LogP contribution in [0.3, 0.4) is 0 Å². The van der Waals surface area contributed by atoms with E-state index in [0.29, 0.717) is 32.6 Å². The van der Waals surface area contributed by atoms with Crippen molar-refractivity contribution in [2.75, 3.05) is 26.2 Å². The fourth-order valence-electron chi connectivity index (χ4n) is 3.67. The summed E-state index contributed by atoms with van der Waals surface area (Å²) in [6.07, 6.45) is -0.0122. The molecule has 1 fully saturated rings. The van der Waals surface area contributed by atoms with E-state index in [4.69, 9.17) is 4.74 Å². The van der Waals surface area contributed by atoms with Crippen molar-refractivity contribution in [2.45, 2.75) is 19.1 Å². The molecule has 2 aliphatic heterocycles. The first-order valence-electron chi connectivity index (χ1n) is 9.39. The summed E-state index contributed by atoms with van der Waals surface area (Å²) in [6.45, 7) is -1.66. The molecule has 2 aromatic rings. The van der Waals surface area contributed by atoms with E-state index < -0.39 is 18.6 Å². The summed E-state index contributed by atoms with van der Waals surface area (Å²) >= 11 is 0. The predicted octanol–water partition coefficient (Wildman–Crippen LogP) is 2.58. The number of hydrogen-bond acceptors (Lipinski definition) is 4. The number of alkyl halides is 2. The van der Waals surface area contributed by atoms with Crippen molar-refractivity contribution in [2.24, 2.45) is 0 Å². The Hall–Kier alpha value is -3.16. The van der Waals surface area contributed by atoms with Gasteiger partial charge in [-0.2, -0.15) is 8.78 Å². The van der Waals surface area contributed by atoms with E-state index in [1.807, 2.05) is 24.3 Å². The average Bonchev–Trinajstić information content (AvgIpc) is 3.17. The minimum absolute atomic E-state index is 0.0853. The van der Waals surface area contributed by atoms with Gasteiger partial charge in [-0.15, -0.1) is 0 Å². The fourth-order valence-corrected chi connectivity index (χ4v) is 3.67. The van der Waals surface area contributed by atoms with Gasteiger partial charge < -0.3 is 19.3 Å². The Balaban J connectivity index is 1.36. The largest absolute Gasteiger partial charge is 0.480 e. The van der Waals surface area contributed by atoms with E-state index in [1.165, 1.54) is 18.2 Å². The maximum atomic E-state index is 12.8. The van der Waals surface area contributed by atoms with Gasteiger partial charge in [-0.3, -0.25) is 9.59 Å². The van der Waals surface area contributed by atoms with E-state index in [9.17, 15) is 18.4 Å². The standard InChI is InChI=1S/C21H20F2N2O4/c22-21(23)29-17-8-4-2-6-15(17)19(26)24-9-11-25(12-10-24)20(27)18-13-14-5-1-3-7-16(14)28-18/h1-8,18,21H,9-13H2. The SMILES string of the molecule is O=C(c1ccccc1OC(F)F)N1CCN(C(=O)C2Cc3ccccc3O2)CC1. The number of hydrogen-bond donors (Lipinski definition) is 0. The van der Waals surface area contributed by atoms with E-state index in [0.717, 1.165) is 11.3 Å². The summed E-state index contributed by atoms with van der Waals surface area (Å²) in [6, 6.07) is 13.5. The lowest BCUT2D eigenvalue weighted by Gasteiger charge is -2.35. The molecule has 0 aromatic heterocycles. The molecule has 2 amide bonds. The second kappa shape index (κ2) is 8.06. The van der Waals surface area contributed by atoms with Crippen molar-refractivity contribution in [3.05, 3.63) is 59.7 Å². The quantitative estimate of drug-likeness (QED) is 0.789. The number of nitrogens with zero attached hydrogens (tertiary/aromatic N) is 2. The van der Waals surface area contributed by atoms with E-state index in [-0.39, 0.29) is 17.2 Å². The zero-order chi connectivity index (χ0) is 20.4. The van der Waals surface area contributed by atoms with E-state index >= 15 is 0 Å². The van der Waals surface area contributed by atoms with E-state index in [1.54, 1.807) is 15.9 Å². The third kappa shape index (κ3) is 4.01. The molecule has 6 nitrogen and oxygen atoms in total. The number of fused-ring (bicyclic) bond motifs is 1. The van der Waals surface area contributed by atoms with Crippen LogP contribution in [0.25, 0.3) is 0 Å². The van der Waals surface area contributed by atoms with Gasteiger partial charge in [-0.05, 0) is 23.8 Å². The summed E-state index contributed by atoms with van der Waals surface area (Å²) in [5, 5.41) is 0. The second-order valence-corrected chi connectivity index (χ2v) is 6.91. The highest BCUT2D eigenvalue weighted by Gasteiger charge is 2.34. The van der Waals surface area contributed by atoms with Gasteiger partial charge in [0.05, 0.1) is 5.56 Å². The number of amides is 2. The topological polar surface area (TPSA) is 59.1 Å². The number of para-hydroxylation sites is 2. The van der Waals surface area contributed by atoms with Crippen LogP contribution < -0.4 is 9.47 Å². The van der Waals surface area contributed by atoms with Crippen LogP contribution in [0.15, 0.2) is 48.5 Å². The Morgan fingerprint density at radius 3 is 2.34 bits per heavy atom. The molecule has 0 bridgehead atoms. The average molecular weight is 402 g/mol. The van der Waals surface area contributed by atoms with Crippen LogP contribution in [0.5, 0.6) is 11.5 Å². The molecular formula is C21H20F2N2O4. The molecular weight excluding hydrogens is 382 g/mol. The number of benzene rings is 2. The zero-order valence-corrected chi connectivity index (χ0v) is 15.6. The van der Waals surface area contributed by atoms with Crippen LogP contribution in [0.1, 0.15) is 15.9 Å². The first kappa shape index (κ1) is 19.2. The molecule has 2 aliphatic rings. The fraction of sp³-hybridized carbons (Fsp3) is 0.333. The molecule has 0 spiro atoms. The van der Waals surface area contributed by atoms with Crippen molar-refractivity contribution >= 4 is 11.8 Å². The highest BCUT2D eigenvalue weighted by atomic mass is 19.3. The Labute approximate surface area is 166 Å². The Bertz CT molecular complexity index is 888. The minimum Gasteiger partial charge on any atom is -0.480 e. The van der Waals surface area contributed by atoms with Gasteiger partial charge in [0.2, 0.25) is 0 Å². The van der Waals surface area contributed by atoms with Crippen LogP contribution in [-0.4, -0.2) is 60.5 Å². The molecule has 0 aliphatic carbocycles. The van der Waals surface area contributed by atoms with Crippen molar-refractivity contribution in [3.8, 4) is 11.5 Å². The lowest BCUT2D eigenvalue weighted by atomic mass is 10.1. The van der Waals surface area contributed by atoms with Gasteiger partial charge in [0, 0.05) is 32.6 Å². The van der Waals surface area contributed by atoms with Gasteiger partial charge in [-0.25, -0.2) is 0 Å². The molecule has 29 heavy (non-hydrogen) atoms. The van der Waals surface area contributed by atoms with Crippen molar-refractivity contribution in [1.29, 1.82) is 0 Å². The van der Waals surface area contributed by atoms with Crippen molar-refractivity contribution in [1.82, 2.24) is 9.80 Å². The first-order chi connectivity index (χ1) is 14.0. The molecule has 0 radical (unpaired) electrons. The molecule has 4 rings (SSSR count). The van der Waals surface area contributed by atoms with Crippen LogP contribution in [0.4, 0.5) is 8.78 Å². The molecule has 0 N–H and O–H groups in total. The lowest BCUT2D eigenvalue weighted by Crippen LogP contribution is -2.53. The number of carbonyl (C=O) groups excluding carboxylic acids is 2. The van der Waals surface area contributed by atoms with Crippen LogP contribution >= 0.6 is 0 Å². The van der Waals surface area contributed by atoms with Gasteiger partial charge in [-0.1, -0.05) is 30.3 Å².